The van der Waals surface area contributed by atoms with Gasteiger partial charge in [0.2, 0.25) is 0 Å². The second-order valence-electron chi connectivity index (χ2n) is 4.02. The molecule has 2 nitrogen and oxygen atoms in total. The van der Waals surface area contributed by atoms with Crippen LogP contribution in [-0.2, 0) is 13.6 Å². The molecule has 0 spiro atoms. The summed E-state index contributed by atoms with van der Waals surface area (Å²) in [7, 11) is 2.10. The molecule has 1 rings (SSSR count). The van der Waals surface area contributed by atoms with Crippen LogP contribution in [0.5, 0.6) is 0 Å². The molecule has 14 heavy (non-hydrogen) atoms. The van der Waals surface area contributed by atoms with Gasteiger partial charge < -0.3 is 9.88 Å². The summed E-state index contributed by atoms with van der Waals surface area (Å²) in [6.07, 6.45) is 0. The Labute approximate surface area is 86.6 Å². The van der Waals surface area contributed by atoms with Crippen LogP contribution in [0.25, 0.3) is 0 Å². The molecule has 0 atom stereocenters. The van der Waals surface area contributed by atoms with E-state index in [0.29, 0.717) is 0 Å². The zero-order valence-electron chi connectivity index (χ0n) is 9.65. The third-order valence-electron chi connectivity index (χ3n) is 2.62. The van der Waals surface area contributed by atoms with Crippen molar-refractivity contribution in [3.05, 3.63) is 35.2 Å². The molecule has 0 aromatic carbocycles. The quantitative estimate of drug-likeness (QED) is 0.724. The Bertz CT molecular complexity index is 334. The zero-order chi connectivity index (χ0) is 10.7. The van der Waals surface area contributed by atoms with Crippen molar-refractivity contribution in [1.29, 1.82) is 0 Å². The first-order chi connectivity index (χ1) is 6.52. The topological polar surface area (TPSA) is 17.0 Å². The van der Waals surface area contributed by atoms with Crippen LogP contribution in [0.15, 0.2) is 18.2 Å². The van der Waals surface area contributed by atoms with Crippen LogP contribution in [-0.4, -0.2) is 11.1 Å². The lowest BCUT2D eigenvalue weighted by molar-refractivity contribution is 0.731. The van der Waals surface area contributed by atoms with E-state index in [1.807, 2.05) is 6.92 Å². The van der Waals surface area contributed by atoms with Crippen LogP contribution in [0, 0.1) is 13.8 Å². The summed E-state index contributed by atoms with van der Waals surface area (Å²) < 4.78 is 2.22. The van der Waals surface area contributed by atoms with Gasteiger partial charge >= 0.3 is 0 Å². The summed E-state index contributed by atoms with van der Waals surface area (Å²) in [6, 6.07) is 2.24. The van der Waals surface area contributed by atoms with E-state index in [1.165, 1.54) is 22.5 Å². The Morgan fingerprint density at radius 1 is 1.50 bits per heavy atom. The van der Waals surface area contributed by atoms with Crippen molar-refractivity contribution in [2.75, 3.05) is 6.54 Å². The average Bonchev–Trinajstić information content (AvgIpc) is 2.33. The van der Waals surface area contributed by atoms with Gasteiger partial charge in [-0.2, -0.15) is 0 Å². The van der Waals surface area contributed by atoms with Gasteiger partial charge in [-0.3, -0.25) is 0 Å². The molecule has 2 heteroatoms. The average molecular weight is 192 g/mol. The molecule has 0 saturated carbocycles. The number of nitrogens with zero attached hydrogens (tertiary/aromatic N) is 1. The highest BCUT2D eigenvalue weighted by Gasteiger charge is 2.04. The number of rotatable bonds is 4. The molecule has 0 bridgehead atoms. The zero-order valence-corrected chi connectivity index (χ0v) is 9.65. The molecule has 0 saturated heterocycles. The molecule has 1 aromatic heterocycles. The molecule has 1 N–H and O–H groups in total. The Morgan fingerprint density at radius 2 is 2.14 bits per heavy atom. The van der Waals surface area contributed by atoms with Gasteiger partial charge in [0.15, 0.2) is 0 Å². The number of hydrogen-bond acceptors (Lipinski definition) is 1. The normalized spacial score (nSPS) is 10.6. The Balaban J connectivity index is 2.59. The molecular formula is C12H20N2. The number of nitrogens with one attached hydrogen (secondary N) is 1. The molecule has 0 amide bonds. The Kier molecular flexibility index (Phi) is 3.53. The lowest BCUT2D eigenvalue weighted by Gasteiger charge is -2.04. The Morgan fingerprint density at radius 3 is 2.57 bits per heavy atom. The summed E-state index contributed by atoms with van der Waals surface area (Å²) in [5.41, 5.74) is 5.22. The van der Waals surface area contributed by atoms with Crippen molar-refractivity contribution < 1.29 is 0 Å². The van der Waals surface area contributed by atoms with Crippen molar-refractivity contribution in [2.24, 2.45) is 7.05 Å². The minimum atomic E-state index is 0.896. The van der Waals surface area contributed by atoms with Crippen LogP contribution in [0.2, 0.25) is 0 Å². The molecule has 0 unspecified atom stereocenters. The van der Waals surface area contributed by atoms with Crippen molar-refractivity contribution in [3.8, 4) is 0 Å². The van der Waals surface area contributed by atoms with Crippen molar-refractivity contribution in [3.63, 3.8) is 0 Å². The molecular weight excluding hydrogens is 172 g/mol. The third kappa shape index (κ3) is 2.48. The smallest absolute Gasteiger partial charge is 0.0226 e. The van der Waals surface area contributed by atoms with Gasteiger partial charge in [-0.15, -0.1) is 0 Å². The minimum Gasteiger partial charge on any atom is -0.352 e. The molecule has 0 aliphatic carbocycles. The predicted octanol–water partition coefficient (Wildman–Crippen LogP) is 2.31. The van der Waals surface area contributed by atoms with E-state index < -0.39 is 0 Å². The molecule has 0 radical (unpaired) electrons. The van der Waals surface area contributed by atoms with E-state index in [2.05, 4.69) is 43.4 Å². The predicted molar refractivity (Wildman–Crippen MR) is 61.4 cm³/mol. The van der Waals surface area contributed by atoms with Crippen LogP contribution in [0.3, 0.4) is 0 Å². The molecule has 0 fully saturated rings. The SMILES string of the molecule is C=C(C)CNCc1cc(C)n(C)c1C. The summed E-state index contributed by atoms with van der Waals surface area (Å²) in [6.45, 7) is 12.0. The van der Waals surface area contributed by atoms with Crippen LogP contribution < -0.4 is 5.32 Å². The van der Waals surface area contributed by atoms with Gasteiger partial charge in [0.25, 0.3) is 0 Å². The maximum absolute atomic E-state index is 3.86. The highest BCUT2D eigenvalue weighted by atomic mass is 15.0. The number of aryl methyl sites for hydroxylation is 1. The van der Waals surface area contributed by atoms with Gasteiger partial charge in [-0.05, 0) is 32.4 Å². The maximum Gasteiger partial charge on any atom is 0.0226 e. The summed E-state index contributed by atoms with van der Waals surface area (Å²) in [4.78, 5) is 0. The maximum atomic E-state index is 3.86. The molecule has 78 valence electrons. The fourth-order valence-electron chi connectivity index (χ4n) is 1.52. The monoisotopic (exact) mass is 192 g/mol. The minimum absolute atomic E-state index is 0.896. The molecule has 1 aromatic rings. The fourth-order valence-corrected chi connectivity index (χ4v) is 1.52. The lowest BCUT2D eigenvalue weighted by Crippen LogP contribution is -2.15. The molecule has 0 aliphatic heterocycles. The van der Waals surface area contributed by atoms with Gasteiger partial charge in [-0.1, -0.05) is 12.2 Å². The van der Waals surface area contributed by atoms with Crippen LogP contribution in [0.1, 0.15) is 23.9 Å². The second-order valence-corrected chi connectivity index (χ2v) is 4.02. The number of hydrogen-bond donors (Lipinski definition) is 1. The first kappa shape index (κ1) is 11.1. The number of aromatic nitrogens is 1. The van der Waals surface area contributed by atoms with E-state index in [1.54, 1.807) is 0 Å². The van der Waals surface area contributed by atoms with E-state index in [-0.39, 0.29) is 0 Å². The van der Waals surface area contributed by atoms with Crippen molar-refractivity contribution >= 4 is 0 Å². The third-order valence-corrected chi connectivity index (χ3v) is 2.62. The standard InChI is InChI=1S/C12H20N2/c1-9(2)7-13-8-12-6-10(3)14(5)11(12)4/h6,13H,1,7-8H2,2-5H3. The van der Waals surface area contributed by atoms with Gasteiger partial charge in [-0.25, -0.2) is 0 Å². The summed E-state index contributed by atoms with van der Waals surface area (Å²) >= 11 is 0. The first-order valence-corrected chi connectivity index (χ1v) is 4.99. The first-order valence-electron chi connectivity index (χ1n) is 4.99. The van der Waals surface area contributed by atoms with E-state index >= 15 is 0 Å². The Hall–Kier alpha value is -1.02. The largest absolute Gasteiger partial charge is 0.352 e. The van der Waals surface area contributed by atoms with E-state index in [9.17, 15) is 0 Å². The van der Waals surface area contributed by atoms with Gasteiger partial charge in [0.1, 0.15) is 0 Å². The lowest BCUT2D eigenvalue weighted by atomic mass is 10.2. The van der Waals surface area contributed by atoms with Crippen LogP contribution in [0.4, 0.5) is 0 Å². The van der Waals surface area contributed by atoms with E-state index in [4.69, 9.17) is 0 Å². The van der Waals surface area contributed by atoms with Crippen molar-refractivity contribution in [1.82, 2.24) is 9.88 Å². The van der Waals surface area contributed by atoms with Gasteiger partial charge in [0.05, 0.1) is 0 Å². The van der Waals surface area contributed by atoms with E-state index in [0.717, 1.165) is 13.1 Å². The molecule has 1 heterocycles. The van der Waals surface area contributed by atoms with Gasteiger partial charge in [0, 0.05) is 31.5 Å². The fraction of sp³-hybridized carbons (Fsp3) is 0.500. The molecule has 0 aliphatic rings. The van der Waals surface area contributed by atoms with Crippen molar-refractivity contribution in [2.45, 2.75) is 27.3 Å². The highest BCUT2D eigenvalue weighted by molar-refractivity contribution is 5.26. The van der Waals surface area contributed by atoms with Crippen LogP contribution >= 0.6 is 0 Å². The summed E-state index contributed by atoms with van der Waals surface area (Å²) in [5.74, 6) is 0. The summed E-state index contributed by atoms with van der Waals surface area (Å²) in [5, 5.41) is 3.37. The second kappa shape index (κ2) is 4.47. The highest BCUT2D eigenvalue weighted by Crippen LogP contribution is 2.12.